The van der Waals surface area contributed by atoms with Crippen molar-refractivity contribution in [2.45, 2.75) is 51.8 Å². The Labute approximate surface area is 204 Å². The van der Waals surface area contributed by atoms with Crippen LogP contribution in [0.4, 0.5) is 9.18 Å². The number of nitrogens with zero attached hydrogens (tertiary/aromatic N) is 4. The van der Waals surface area contributed by atoms with Crippen molar-refractivity contribution in [3.8, 4) is 0 Å². The zero-order valence-electron chi connectivity index (χ0n) is 20.1. The van der Waals surface area contributed by atoms with Gasteiger partial charge >= 0.3 is 6.09 Å². The van der Waals surface area contributed by atoms with Crippen molar-refractivity contribution in [2.24, 2.45) is 10.7 Å². The molecule has 2 amide bonds. The smallest absolute Gasteiger partial charge is 0.414 e. The minimum absolute atomic E-state index is 0.0837. The molecule has 2 fully saturated rings. The van der Waals surface area contributed by atoms with E-state index >= 15 is 4.39 Å². The number of amidine groups is 1. The maximum atomic E-state index is 15.3. The van der Waals surface area contributed by atoms with Gasteiger partial charge in [-0.25, -0.2) is 13.7 Å². The van der Waals surface area contributed by atoms with E-state index in [1.54, 1.807) is 17.0 Å². The molecule has 0 saturated carbocycles. The summed E-state index contributed by atoms with van der Waals surface area (Å²) in [5, 5.41) is 0.265. The fourth-order valence-electron chi connectivity index (χ4n) is 5.20. The number of quaternary nitrogens is 1. The summed E-state index contributed by atoms with van der Waals surface area (Å²) < 4.78 is 21.1. The molecule has 184 valence electrons. The van der Waals surface area contributed by atoms with Crippen LogP contribution in [0.3, 0.4) is 0 Å². The lowest BCUT2D eigenvalue weighted by Gasteiger charge is -2.51. The van der Waals surface area contributed by atoms with E-state index in [9.17, 15) is 9.59 Å². The van der Waals surface area contributed by atoms with E-state index in [2.05, 4.69) is 9.89 Å². The number of hydrogen-bond acceptors (Lipinski definition) is 5. The van der Waals surface area contributed by atoms with Crippen LogP contribution in [0.1, 0.15) is 45.6 Å². The highest BCUT2D eigenvalue weighted by Crippen LogP contribution is 2.43. The molecule has 2 atom stereocenters. The SMILES string of the molecule is CN1CC[N+]2(C3CCCCN3C(=O)OC(C)(C)C)C(c3ccc(Cl)cc3F)=NC(C(N)=O)=C2C1. The number of nitrogens with two attached hydrogens (primary N) is 1. The van der Waals surface area contributed by atoms with Crippen molar-refractivity contribution < 1.29 is 23.2 Å². The molecule has 4 rings (SSSR count). The Balaban J connectivity index is 1.90. The molecule has 0 aliphatic carbocycles. The van der Waals surface area contributed by atoms with Crippen molar-refractivity contribution in [3.63, 3.8) is 0 Å². The molecule has 2 saturated heterocycles. The highest BCUT2D eigenvalue weighted by molar-refractivity contribution is 6.30. The second kappa shape index (κ2) is 8.94. The predicted octanol–water partition coefficient (Wildman–Crippen LogP) is 3.45. The number of halogens is 2. The van der Waals surface area contributed by atoms with Crippen molar-refractivity contribution >= 4 is 29.4 Å². The van der Waals surface area contributed by atoms with Crippen LogP contribution in [0.15, 0.2) is 34.6 Å². The van der Waals surface area contributed by atoms with Gasteiger partial charge in [0, 0.05) is 24.5 Å². The lowest BCUT2D eigenvalue weighted by Crippen LogP contribution is -2.70. The highest BCUT2D eigenvalue weighted by Gasteiger charge is 2.58. The van der Waals surface area contributed by atoms with Gasteiger partial charge in [0.15, 0.2) is 17.6 Å². The number of fused-ring (bicyclic) bond motifs is 1. The number of amides is 2. The van der Waals surface area contributed by atoms with E-state index in [4.69, 9.17) is 22.1 Å². The van der Waals surface area contributed by atoms with Crippen LogP contribution in [0.25, 0.3) is 0 Å². The summed E-state index contributed by atoms with van der Waals surface area (Å²) in [5.41, 5.74) is 6.17. The van der Waals surface area contributed by atoms with Gasteiger partial charge in [0.25, 0.3) is 5.91 Å². The van der Waals surface area contributed by atoms with E-state index in [0.29, 0.717) is 44.1 Å². The third kappa shape index (κ3) is 4.32. The number of benzene rings is 1. The zero-order chi connectivity index (χ0) is 24.8. The normalized spacial score (nSPS) is 25.8. The minimum Gasteiger partial charge on any atom is -0.444 e. The molecular weight excluding hydrogens is 461 g/mol. The first-order valence-corrected chi connectivity index (χ1v) is 12.0. The predicted molar refractivity (Wildman–Crippen MR) is 127 cm³/mol. The largest absolute Gasteiger partial charge is 0.444 e. The maximum absolute atomic E-state index is 15.3. The second-order valence-corrected chi connectivity index (χ2v) is 10.6. The van der Waals surface area contributed by atoms with Gasteiger partial charge in [0.2, 0.25) is 5.84 Å². The lowest BCUT2D eigenvalue weighted by molar-refractivity contribution is -0.846. The van der Waals surface area contributed by atoms with Gasteiger partial charge in [-0.2, -0.15) is 4.99 Å². The summed E-state index contributed by atoms with van der Waals surface area (Å²) in [7, 11) is 1.95. The Morgan fingerprint density at radius 1 is 1.26 bits per heavy atom. The number of aliphatic imine (C=N–C) groups is 1. The summed E-state index contributed by atoms with van der Waals surface area (Å²) in [6.07, 6.45) is 1.55. The summed E-state index contributed by atoms with van der Waals surface area (Å²) in [5.74, 6) is -0.823. The molecule has 0 bridgehead atoms. The number of hydrogen-bond donors (Lipinski definition) is 1. The number of ether oxygens (including phenoxy) is 1. The van der Waals surface area contributed by atoms with Crippen molar-refractivity contribution in [3.05, 3.63) is 46.0 Å². The summed E-state index contributed by atoms with van der Waals surface area (Å²) >= 11 is 6.02. The molecule has 3 aliphatic heterocycles. The van der Waals surface area contributed by atoms with Crippen LogP contribution in [0.5, 0.6) is 0 Å². The van der Waals surface area contributed by atoms with Gasteiger partial charge in [0.1, 0.15) is 18.0 Å². The zero-order valence-corrected chi connectivity index (χ0v) is 20.9. The number of likely N-dealkylation sites (tertiary alicyclic amines) is 1. The number of piperidine rings is 1. The van der Waals surface area contributed by atoms with Crippen molar-refractivity contribution in [1.29, 1.82) is 0 Å². The van der Waals surface area contributed by atoms with E-state index in [0.717, 1.165) is 12.8 Å². The van der Waals surface area contributed by atoms with E-state index in [1.165, 1.54) is 6.07 Å². The molecule has 1 aromatic rings. The summed E-state index contributed by atoms with van der Waals surface area (Å²) in [4.78, 5) is 34.3. The Hall–Kier alpha value is -2.49. The molecular formula is C24H32ClFN5O3+. The van der Waals surface area contributed by atoms with Crippen LogP contribution in [-0.4, -0.2) is 77.1 Å². The monoisotopic (exact) mass is 492 g/mol. The van der Waals surface area contributed by atoms with Crippen LogP contribution in [-0.2, 0) is 9.53 Å². The third-order valence-electron chi connectivity index (χ3n) is 6.62. The number of carbonyl (C=O) groups excluding carboxylic acids is 2. The van der Waals surface area contributed by atoms with E-state index in [-0.39, 0.29) is 20.8 Å². The molecule has 3 aliphatic rings. The van der Waals surface area contributed by atoms with Gasteiger partial charge < -0.3 is 10.5 Å². The molecule has 2 N–H and O–H groups in total. The Morgan fingerprint density at radius 3 is 2.65 bits per heavy atom. The number of carbonyl (C=O) groups is 2. The average molecular weight is 493 g/mol. The average Bonchev–Trinajstić information content (AvgIpc) is 3.08. The standard InChI is InChI=1S/C24H31ClFN5O3/c1-24(2,3)34-23(33)30-10-6-5-7-19(30)31-12-11-29(4)14-18(31)20(21(27)32)28-22(31)16-9-8-15(25)13-17(16)26/h8-9,13,19H,5-7,10-12,14H2,1-4H3,(H-,27,32)/p+1. The molecule has 10 heteroatoms. The van der Waals surface area contributed by atoms with Crippen molar-refractivity contribution in [1.82, 2.24) is 9.80 Å². The molecule has 34 heavy (non-hydrogen) atoms. The molecule has 0 spiro atoms. The fourth-order valence-corrected chi connectivity index (χ4v) is 5.36. The lowest BCUT2D eigenvalue weighted by atomic mass is 9.99. The molecule has 0 aromatic heterocycles. The number of likely N-dealkylation sites (N-methyl/N-ethyl adjacent to an activating group) is 1. The molecule has 1 aromatic carbocycles. The summed E-state index contributed by atoms with van der Waals surface area (Å²) in [6.45, 7) is 7.60. The first kappa shape index (κ1) is 24.6. The third-order valence-corrected chi connectivity index (χ3v) is 6.85. The van der Waals surface area contributed by atoms with Gasteiger partial charge in [-0.15, -0.1) is 0 Å². The number of rotatable bonds is 3. The fraction of sp³-hybridized carbons (Fsp3) is 0.542. The summed E-state index contributed by atoms with van der Waals surface area (Å²) in [6, 6.07) is 4.42. The van der Waals surface area contributed by atoms with Gasteiger partial charge in [-0.3, -0.25) is 14.6 Å². The maximum Gasteiger partial charge on any atom is 0.414 e. The van der Waals surface area contributed by atoms with Crippen LogP contribution < -0.4 is 5.73 Å². The molecule has 3 heterocycles. The van der Waals surface area contributed by atoms with Crippen LogP contribution in [0, 0.1) is 5.82 Å². The Morgan fingerprint density at radius 2 is 2.00 bits per heavy atom. The van der Waals surface area contributed by atoms with Crippen LogP contribution in [0.2, 0.25) is 5.02 Å². The van der Waals surface area contributed by atoms with Crippen LogP contribution >= 0.6 is 11.6 Å². The quantitative estimate of drug-likeness (QED) is 0.654. The molecule has 8 nitrogen and oxygen atoms in total. The van der Waals surface area contributed by atoms with Gasteiger partial charge in [0.05, 0.1) is 12.1 Å². The Kier molecular flexibility index (Phi) is 6.48. The van der Waals surface area contributed by atoms with Gasteiger partial charge in [-0.05, 0) is 58.9 Å². The minimum atomic E-state index is -0.670. The molecule has 0 radical (unpaired) electrons. The first-order chi connectivity index (χ1) is 15.9. The van der Waals surface area contributed by atoms with E-state index in [1.807, 2.05) is 27.8 Å². The Bertz CT molecular complexity index is 1080. The second-order valence-electron chi connectivity index (χ2n) is 10.2. The highest BCUT2D eigenvalue weighted by atomic mass is 35.5. The number of piperazine rings is 1. The topological polar surface area (TPSA) is 88.2 Å². The number of primary amides is 1. The van der Waals surface area contributed by atoms with Crippen molar-refractivity contribution in [2.75, 3.05) is 33.2 Å². The first-order valence-electron chi connectivity index (χ1n) is 11.6. The molecule has 2 unspecified atom stereocenters. The van der Waals surface area contributed by atoms with Gasteiger partial charge in [-0.1, -0.05) is 11.6 Å². The van der Waals surface area contributed by atoms with E-state index < -0.39 is 29.6 Å².